The summed E-state index contributed by atoms with van der Waals surface area (Å²) in [7, 11) is 1.73. The molecule has 114 valence electrons. The van der Waals surface area contributed by atoms with E-state index in [1.165, 1.54) is 0 Å². The van der Waals surface area contributed by atoms with Crippen molar-refractivity contribution in [3.05, 3.63) is 29.8 Å². The van der Waals surface area contributed by atoms with Crippen molar-refractivity contribution in [2.75, 3.05) is 19.0 Å². The molecule has 1 fully saturated rings. The third kappa shape index (κ3) is 3.37. The molecule has 1 N–H and O–H groups in total. The predicted molar refractivity (Wildman–Crippen MR) is 83.3 cm³/mol. The van der Waals surface area contributed by atoms with Gasteiger partial charge in [-0.25, -0.2) is 0 Å². The van der Waals surface area contributed by atoms with E-state index in [-0.39, 0.29) is 18.2 Å². The predicted octanol–water partition coefficient (Wildman–Crippen LogP) is 3.09. The molecule has 0 radical (unpaired) electrons. The maximum Gasteiger partial charge on any atom is 0.103 e. The molecule has 2 rings (SSSR count). The van der Waals surface area contributed by atoms with Crippen molar-refractivity contribution in [3.8, 4) is 6.07 Å². The van der Waals surface area contributed by atoms with Crippen molar-refractivity contribution >= 4 is 5.69 Å². The summed E-state index contributed by atoms with van der Waals surface area (Å²) < 4.78 is 11.1. The first-order valence-corrected chi connectivity index (χ1v) is 7.44. The number of hydrogen-bond donors (Lipinski definition) is 1. The van der Waals surface area contributed by atoms with Crippen molar-refractivity contribution in [1.29, 1.82) is 5.26 Å². The van der Waals surface area contributed by atoms with Gasteiger partial charge in [-0.15, -0.1) is 0 Å². The van der Waals surface area contributed by atoms with Gasteiger partial charge in [-0.1, -0.05) is 12.1 Å². The van der Waals surface area contributed by atoms with Crippen LogP contribution in [0.3, 0.4) is 0 Å². The number of benzene rings is 1. The molecule has 1 aromatic carbocycles. The molecule has 1 saturated carbocycles. The van der Waals surface area contributed by atoms with Crippen molar-refractivity contribution < 1.29 is 9.47 Å². The lowest BCUT2D eigenvalue weighted by atomic mass is 9.84. The van der Waals surface area contributed by atoms with Crippen LogP contribution in [0.4, 0.5) is 5.69 Å². The van der Waals surface area contributed by atoms with Crippen molar-refractivity contribution in [3.63, 3.8) is 0 Å². The third-order valence-corrected chi connectivity index (χ3v) is 4.14. The zero-order valence-corrected chi connectivity index (χ0v) is 13.2. The highest BCUT2D eigenvalue weighted by atomic mass is 16.5. The van der Waals surface area contributed by atoms with Crippen LogP contribution in [0, 0.1) is 11.3 Å². The highest BCUT2D eigenvalue weighted by Gasteiger charge is 2.42. The SMILES string of the molecule is CCOC1CC(Nc2ccc(C(C)(C)C#N)cc2)C1OC. The highest BCUT2D eigenvalue weighted by Crippen LogP contribution is 2.30. The summed E-state index contributed by atoms with van der Waals surface area (Å²) in [6.07, 6.45) is 1.24. The van der Waals surface area contributed by atoms with E-state index >= 15 is 0 Å². The van der Waals surface area contributed by atoms with E-state index in [0.717, 1.165) is 24.3 Å². The molecule has 0 amide bonds. The summed E-state index contributed by atoms with van der Waals surface area (Å²) in [5.41, 5.74) is 1.62. The minimum Gasteiger partial charge on any atom is -0.379 e. The number of ether oxygens (including phenoxy) is 2. The number of nitriles is 1. The lowest BCUT2D eigenvalue weighted by molar-refractivity contribution is -0.118. The molecule has 1 aliphatic rings. The van der Waals surface area contributed by atoms with Gasteiger partial charge in [0.25, 0.3) is 0 Å². The number of anilines is 1. The quantitative estimate of drug-likeness (QED) is 0.874. The van der Waals surface area contributed by atoms with E-state index in [0.29, 0.717) is 0 Å². The number of nitrogens with zero attached hydrogens (tertiary/aromatic N) is 1. The van der Waals surface area contributed by atoms with Gasteiger partial charge in [0.2, 0.25) is 0 Å². The summed E-state index contributed by atoms with van der Waals surface area (Å²) in [5, 5.41) is 12.6. The Balaban J connectivity index is 1.97. The van der Waals surface area contributed by atoms with Gasteiger partial charge < -0.3 is 14.8 Å². The molecule has 4 heteroatoms. The monoisotopic (exact) mass is 288 g/mol. The van der Waals surface area contributed by atoms with Gasteiger partial charge in [0.05, 0.1) is 23.6 Å². The Kier molecular flexibility index (Phi) is 4.87. The molecule has 3 unspecified atom stereocenters. The largest absolute Gasteiger partial charge is 0.379 e. The molecule has 0 bridgehead atoms. The van der Waals surface area contributed by atoms with E-state index in [9.17, 15) is 0 Å². The van der Waals surface area contributed by atoms with E-state index < -0.39 is 5.41 Å². The Morgan fingerprint density at radius 2 is 2.00 bits per heavy atom. The van der Waals surface area contributed by atoms with E-state index in [4.69, 9.17) is 14.7 Å². The summed E-state index contributed by atoms with van der Waals surface area (Å²) in [6, 6.07) is 10.7. The number of hydrogen-bond acceptors (Lipinski definition) is 4. The van der Waals surface area contributed by atoms with Crippen molar-refractivity contribution in [2.24, 2.45) is 0 Å². The van der Waals surface area contributed by atoms with Crippen LogP contribution in [-0.4, -0.2) is 32.0 Å². The van der Waals surface area contributed by atoms with Crippen LogP contribution in [0.5, 0.6) is 0 Å². The molecular formula is C17H24N2O2. The fourth-order valence-corrected chi connectivity index (χ4v) is 2.68. The van der Waals surface area contributed by atoms with Crippen molar-refractivity contribution in [2.45, 2.75) is 50.9 Å². The zero-order chi connectivity index (χ0) is 15.5. The first-order chi connectivity index (χ1) is 10.0. The van der Waals surface area contributed by atoms with Crippen LogP contribution in [0.25, 0.3) is 0 Å². The fourth-order valence-electron chi connectivity index (χ4n) is 2.68. The Morgan fingerprint density at radius 3 is 2.52 bits per heavy atom. The fraction of sp³-hybridized carbons (Fsp3) is 0.588. The van der Waals surface area contributed by atoms with Crippen LogP contribution in [0.2, 0.25) is 0 Å². The normalized spacial score (nSPS) is 25.0. The number of nitrogens with one attached hydrogen (secondary N) is 1. The lowest BCUT2D eigenvalue weighted by Gasteiger charge is -2.43. The lowest BCUT2D eigenvalue weighted by Crippen LogP contribution is -2.56. The highest BCUT2D eigenvalue weighted by molar-refractivity contribution is 5.48. The number of methoxy groups -OCH3 is 1. The Labute approximate surface area is 127 Å². The van der Waals surface area contributed by atoms with Gasteiger partial charge in [-0.2, -0.15) is 5.26 Å². The number of rotatable bonds is 6. The molecule has 3 atom stereocenters. The van der Waals surface area contributed by atoms with Gasteiger partial charge >= 0.3 is 0 Å². The molecule has 1 aromatic rings. The molecule has 0 aliphatic heterocycles. The first kappa shape index (κ1) is 15.8. The standard InChI is InChI=1S/C17H24N2O2/c1-5-21-15-10-14(16(15)20-4)19-13-8-6-12(7-9-13)17(2,3)11-18/h6-9,14-16,19H,5,10H2,1-4H3. The molecule has 0 aromatic heterocycles. The summed E-state index contributed by atoms with van der Waals surface area (Å²) >= 11 is 0. The minimum absolute atomic E-state index is 0.0974. The van der Waals surface area contributed by atoms with Crippen LogP contribution >= 0.6 is 0 Å². The average Bonchev–Trinajstić information content (AvgIpc) is 2.47. The second kappa shape index (κ2) is 6.46. The van der Waals surface area contributed by atoms with E-state index in [1.807, 2.05) is 45.0 Å². The minimum atomic E-state index is -0.454. The maximum absolute atomic E-state index is 9.16. The second-order valence-corrected chi connectivity index (χ2v) is 5.99. The first-order valence-electron chi connectivity index (χ1n) is 7.44. The Hall–Kier alpha value is -1.57. The Bertz CT molecular complexity index is 505. The second-order valence-electron chi connectivity index (χ2n) is 5.99. The van der Waals surface area contributed by atoms with Gasteiger partial charge in [-0.05, 0) is 44.9 Å². The van der Waals surface area contributed by atoms with Crippen LogP contribution in [0.15, 0.2) is 24.3 Å². The maximum atomic E-state index is 9.16. The van der Waals surface area contributed by atoms with Crippen molar-refractivity contribution in [1.82, 2.24) is 0 Å². The van der Waals surface area contributed by atoms with E-state index in [2.05, 4.69) is 11.4 Å². The third-order valence-electron chi connectivity index (χ3n) is 4.14. The van der Waals surface area contributed by atoms with Gasteiger partial charge in [0.15, 0.2) is 0 Å². The van der Waals surface area contributed by atoms with Gasteiger partial charge in [0.1, 0.15) is 6.10 Å². The Morgan fingerprint density at radius 1 is 1.33 bits per heavy atom. The zero-order valence-electron chi connectivity index (χ0n) is 13.2. The average molecular weight is 288 g/mol. The molecular weight excluding hydrogens is 264 g/mol. The van der Waals surface area contributed by atoms with Crippen LogP contribution in [-0.2, 0) is 14.9 Å². The van der Waals surface area contributed by atoms with Crippen LogP contribution < -0.4 is 5.32 Å². The van der Waals surface area contributed by atoms with E-state index in [1.54, 1.807) is 7.11 Å². The smallest absolute Gasteiger partial charge is 0.103 e. The van der Waals surface area contributed by atoms with Crippen LogP contribution in [0.1, 0.15) is 32.8 Å². The molecule has 0 saturated heterocycles. The molecule has 4 nitrogen and oxygen atoms in total. The summed E-state index contributed by atoms with van der Waals surface area (Å²) in [4.78, 5) is 0. The molecule has 0 heterocycles. The molecule has 1 aliphatic carbocycles. The molecule has 0 spiro atoms. The van der Waals surface area contributed by atoms with Gasteiger partial charge in [0, 0.05) is 19.4 Å². The summed E-state index contributed by atoms with van der Waals surface area (Å²) in [5.74, 6) is 0. The molecule has 21 heavy (non-hydrogen) atoms. The topological polar surface area (TPSA) is 54.3 Å². The summed E-state index contributed by atoms with van der Waals surface area (Å²) in [6.45, 7) is 6.57. The van der Waals surface area contributed by atoms with Gasteiger partial charge in [-0.3, -0.25) is 0 Å².